The van der Waals surface area contributed by atoms with Crippen LogP contribution in [0.2, 0.25) is 5.02 Å². The summed E-state index contributed by atoms with van der Waals surface area (Å²) in [5.41, 5.74) is 5.22. The molecule has 96 valence electrons. The molecule has 0 aliphatic heterocycles. The maximum Gasteiger partial charge on any atom is 0.344 e. The highest BCUT2D eigenvalue weighted by atomic mass is 35.5. The molecule has 3 N–H and O–H groups in total. The lowest BCUT2D eigenvalue weighted by Gasteiger charge is -2.08. The van der Waals surface area contributed by atoms with E-state index in [0.29, 0.717) is 15.2 Å². The van der Waals surface area contributed by atoms with Crippen LogP contribution in [0, 0.1) is 0 Å². The maximum absolute atomic E-state index is 11.6. The lowest BCUT2D eigenvalue weighted by Crippen LogP contribution is -2.19. The Bertz CT molecular complexity index is 622. The van der Waals surface area contributed by atoms with E-state index in [1.165, 1.54) is 10.8 Å². The summed E-state index contributed by atoms with van der Waals surface area (Å²) >= 11 is 7.12. The lowest BCUT2D eigenvalue weighted by molar-refractivity contribution is 0.534. The van der Waals surface area contributed by atoms with E-state index < -0.39 is 0 Å². The van der Waals surface area contributed by atoms with E-state index in [-0.39, 0.29) is 17.7 Å². The number of H-pyrrole nitrogens is 1. The molecule has 0 aliphatic carbocycles. The minimum absolute atomic E-state index is 0.0169. The fourth-order valence-corrected chi connectivity index (χ4v) is 2.49. The number of hydrogen-bond donors (Lipinski definition) is 2. The number of aromatic amines is 1. The van der Waals surface area contributed by atoms with Crippen LogP contribution in [0.25, 0.3) is 0 Å². The van der Waals surface area contributed by atoms with Gasteiger partial charge in [-0.3, -0.25) is 4.57 Å². The van der Waals surface area contributed by atoms with Crippen LogP contribution >= 0.6 is 23.4 Å². The van der Waals surface area contributed by atoms with Gasteiger partial charge in [-0.2, -0.15) is 0 Å². The van der Waals surface area contributed by atoms with Gasteiger partial charge in [-0.1, -0.05) is 11.6 Å². The van der Waals surface area contributed by atoms with Crippen molar-refractivity contribution in [1.29, 1.82) is 0 Å². The fraction of sp³-hybridized carbons (Fsp3) is 0.333. The Morgan fingerprint density at radius 1 is 1.56 bits per heavy atom. The molecule has 2 aromatic rings. The van der Waals surface area contributed by atoms with Crippen LogP contribution in [0.5, 0.6) is 0 Å². The summed E-state index contributed by atoms with van der Waals surface area (Å²) in [5.74, 6) is 0.121. The average molecular weight is 287 g/mol. The first kappa shape index (κ1) is 12.9. The van der Waals surface area contributed by atoms with Crippen LogP contribution in [0.1, 0.15) is 19.9 Å². The van der Waals surface area contributed by atoms with Gasteiger partial charge in [0.25, 0.3) is 0 Å². The van der Waals surface area contributed by atoms with E-state index >= 15 is 0 Å². The number of aromatic nitrogens is 5. The zero-order valence-electron chi connectivity index (χ0n) is 9.72. The Labute approximate surface area is 112 Å². The van der Waals surface area contributed by atoms with Crippen LogP contribution in [-0.4, -0.2) is 24.7 Å². The van der Waals surface area contributed by atoms with Crippen LogP contribution < -0.4 is 11.4 Å². The summed E-state index contributed by atoms with van der Waals surface area (Å²) in [6.07, 6.45) is 1.41. The van der Waals surface area contributed by atoms with Gasteiger partial charge >= 0.3 is 5.69 Å². The molecule has 0 unspecified atom stereocenters. The number of hydrogen-bond acceptors (Lipinski definition) is 6. The molecule has 18 heavy (non-hydrogen) atoms. The third-order valence-corrected chi connectivity index (χ3v) is 3.47. The van der Waals surface area contributed by atoms with Crippen LogP contribution in [0.15, 0.2) is 21.2 Å². The number of nitrogens with one attached hydrogen (secondary N) is 1. The molecule has 2 heterocycles. The summed E-state index contributed by atoms with van der Waals surface area (Å²) in [7, 11) is 0. The minimum atomic E-state index is -0.273. The van der Waals surface area contributed by atoms with Gasteiger partial charge in [0.2, 0.25) is 5.95 Å². The molecule has 0 spiro atoms. The van der Waals surface area contributed by atoms with E-state index in [9.17, 15) is 4.79 Å². The quantitative estimate of drug-likeness (QED) is 0.825. The molecule has 9 heteroatoms. The molecule has 0 fully saturated rings. The van der Waals surface area contributed by atoms with Crippen LogP contribution in [0.4, 0.5) is 5.95 Å². The van der Waals surface area contributed by atoms with Crippen molar-refractivity contribution < 1.29 is 0 Å². The number of rotatable bonds is 3. The molecule has 7 nitrogen and oxygen atoms in total. The summed E-state index contributed by atoms with van der Waals surface area (Å²) < 4.78 is 1.51. The highest BCUT2D eigenvalue weighted by Gasteiger charge is 2.15. The van der Waals surface area contributed by atoms with Gasteiger partial charge in [-0.05, 0) is 25.6 Å². The van der Waals surface area contributed by atoms with Crippen molar-refractivity contribution in [3.8, 4) is 0 Å². The van der Waals surface area contributed by atoms with E-state index in [4.69, 9.17) is 17.3 Å². The van der Waals surface area contributed by atoms with Gasteiger partial charge in [-0.15, -0.1) is 5.10 Å². The number of halogens is 1. The van der Waals surface area contributed by atoms with Gasteiger partial charge in [0, 0.05) is 6.04 Å². The van der Waals surface area contributed by atoms with E-state index in [1.807, 2.05) is 13.8 Å². The van der Waals surface area contributed by atoms with Gasteiger partial charge in [-0.25, -0.2) is 19.9 Å². The molecule has 0 radical (unpaired) electrons. The number of anilines is 1. The number of nitrogen functional groups attached to an aromatic ring is 1. The van der Waals surface area contributed by atoms with Crippen molar-refractivity contribution in [2.24, 2.45) is 0 Å². The monoisotopic (exact) mass is 286 g/mol. The summed E-state index contributed by atoms with van der Waals surface area (Å²) in [6, 6.07) is -0.0169. The van der Waals surface area contributed by atoms with Gasteiger partial charge in [0.15, 0.2) is 5.16 Å². The predicted molar refractivity (Wildman–Crippen MR) is 68.8 cm³/mol. The Hall–Kier alpha value is -1.54. The van der Waals surface area contributed by atoms with E-state index in [1.54, 1.807) is 0 Å². The van der Waals surface area contributed by atoms with E-state index in [0.717, 1.165) is 11.8 Å². The maximum atomic E-state index is 11.6. The Kier molecular flexibility index (Phi) is 3.58. The fourth-order valence-electron chi connectivity index (χ4n) is 1.34. The molecular weight excluding hydrogens is 276 g/mol. The first-order valence-electron chi connectivity index (χ1n) is 5.12. The van der Waals surface area contributed by atoms with Crippen molar-refractivity contribution in [2.45, 2.75) is 30.1 Å². The zero-order valence-corrected chi connectivity index (χ0v) is 11.3. The van der Waals surface area contributed by atoms with Crippen molar-refractivity contribution >= 4 is 29.3 Å². The largest absolute Gasteiger partial charge is 0.368 e. The molecule has 0 atom stereocenters. The van der Waals surface area contributed by atoms with Crippen molar-refractivity contribution in [3.05, 3.63) is 21.7 Å². The van der Waals surface area contributed by atoms with Crippen LogP contribution in [-0.2, 0) is 0 Å². The Morgan fingerprint density at radius 3 is 2.94 bits per heavy atom. The third kappa shape index (κ3) is 2.49. The molecule has 0 aliphatic rings. The predicted octanol–water partition coefficient (Wildman–Crippen LogP) is 1.33. The normalized spacial score (nSPS) is 11.1. The summed E-state index contributed by atoms with van der Waals surface area (Å²) in [6.45, 7) is 3.77. The smallest absolute Gasteiger partial charge is 0.344 e. The average Bonchev–Trinajstić information content (AvgIpc) is 2.65. The topological polar surface area (TPSA) is 102 Å². The standard InChI is InChI=1S/C9H11ClN6OS/c1-4(2)16-8(17)14-15-9(16)18-6-5(10)3-12-7(11)13-6/h3-4H,1-2H3,(H,14,17)(H2,11,12,13). The van der Waals surface area contributed by atoms with E-state index in [2.05, 4.69) is 20.2 Å². The van der Waals surface area contributed by atoms with Gasteiger partial charge in [0.1, 0.15) is 5.03 Å². The molecule has 0 saturated carbocycles. The Morgan fingerprint density at radius 2 is 2.28 bits per heavy atom. The lowest BCUT2D eigenvalue weighted by atomic mass is 10.4. The molecule has 0 aromatic carbocycles. The third-order valence-electron chi connectivity index (χ3n) is 2.11. The SMILES string of the molecule is CC(C)n1c(Sc2nc(N)ncc2Cl)n[nH]c1=O. The first-order chi connectivity index (χ1) is 8.49. The molecule has 0 bridgehead atoms. The minimum Gasteiger partial charge on any atom is -0.368 e. The highest BCUT2D eigenvalue weighted by Crippen LogP contribution is 2.30. The molecule has 2 aromatic heterocycles. The Balaban J connectivity index is 2.40. The first-order valence-corrected chi connectivity index (χ1v) is 6.31. The van der Waals surface area contributed by atoms with Gasteiger partial charge in [0.05, 0.1) is 11.2 Å². The van der Waals surface area contributed by atoms with Crippen molar-refractivity contribution in [1.82, 2.24) is 24.7 Å². The second-order valence-electron chi connectivity index (χ2n) is 3.76. The van der Waals surface area contributed by atoms with Crippen molar-refractivity contribution in [3.63, 3.8) is 0 Å². The molecule has 0 saturated heterocycles. The van der Waals surface area contributed by atoms with Gasteiger partial charge < -0.3 is 5.73 Å². The second kappa shape index (κ2) is 4.99. The van der Waals surface area contributed by atoms with Crippen LogP contribution in [0.3, 0.4) is 0 Å². The van der Waals surface area contributed by atoms with Crippen molar-refractivity contribution in [2.75, 3.05) is 5.73 Å². The second-order valence-corrected chi connectivity index (χ2v) is 5.12. The number of nitrogens with two attached hydrogens (primary N) is 1. The summed E-state index contributed by atoms with van der Waals surface area (Å²) in [4.78, 5) is 19.3. The molecule has 2 rings (SSSR count). The zero-order chi connectivity index (χ0) is 13.3. The highest BCUT2D eigenvalue weighted by molar-refractivity contribution is 7.99. The molecule has 0 amide bonds. The summed E-state index contributed by atoms with van der Waals surface area (Å²) in [5, 5.41) is 7.63. The number of nitrogens with zero attached hydrogens (tertiary/aromatic N) is 4. The molecular formula is C9H11ClN6OS.